The van der Waals surface area contributed by atoms with Crippen LogP contribution in [0, 0.1) is 0 Å². The fraction of sp³-hybridized carbons (Fsp3) is 0.692. The zero-order valence-corrected chi connectivity index (χ0v) is 12.1. The molecule has 0 unspecified atom stereocenters. The second-order valence-electron chi connectivity index (χ2n) is 5.12. The number of hydrogen-bond acceptors (Lipinski definition) is 4. The Morgan fingerprint density at radius 2 is 2.12 bits per heavy atom. The van der Waals surface area contributed by atoms with E-state index in [0.717, 1.165) is 23.8 Å². The molecule has 96 valence electrons. The summed E-state index contributed by atoms with van der Waals surface area (Å²) in [6.45, 7) is 9.47. The Kier molecular flexibility index (Phi) is 5.92. The maximum absolute atomic E-state index is 4.55. The molecule has 0 saturated heterocycles. The highest BCUT2D eigenvalue weighted by Gasteiger charge is 2.09. The molecular formula is C13H23N3S. The summed E-state index contributed by atoms with van der Waals surface area (Å²) in [6, 6.07) is 1.98. The van der Waals surface area contributed by atoms with Gasteiger partial charge in [-0.1, -0.05) is 6.92 Å². The molecule has 0 radical (unpaired) electrons. The van der Waals surface area contributed by atoms with E-state index in [1.54, 1.807) is 0 Å². The van der Waals surface area contributed by atoms with Gasteiger partial charge in [-0.2, -0.15) is 11.8 Å². The minimum Gasteiger partial charge on any atom is -0.306 e. The van der Waals surface area contributed by atoms with Gasteiger partial charge in [-0.15, -0.1) is 0 Å². The molecule has 0 bridgehead atoms. The Morgan fingerprint density at radius 1 is 1.35 bits per heavy atom. The summed E-state index contributed by atoms with van der Waals surface area (Å²) in [5, 5.41) is 3.44. The van der Waals surface area contributed by atoms with E-state index in [2.05, 4.69) is 43.0 Å². The molecule has 0 aliphatic rings. The van der Waals surface area contributed by atoms with Gasteiger partial charge in [0.25, 0.3) is 0 Å². The van der Waals surface area contributed by atoms with Gasteiger partial charge in [-0.25, -0.2) is 9.97 Å². The summed E-state index contributed by atoms with van der Waals surface area (Å²) in [7, 11) is 0. The minimum atomic E-state index is 0.127. The van der Waals surface area contributed by atoms with Crippen molar-refractivity contribution in [2.45, 2.75) is 52.0 Å². The molecule has 1 aromatic heterocycles. The van der Waals surface area contributed by atoms with Crippen molar-refractivity contribution in [2.24, 2.45) is 0 Å². The van der Waals surface area contributed by atoms with Gasteiger partial charge in [-0.05, 0) is 39.0 Å². The van der Waals surface area contributed by atoms with Crippen molar-refractivity contribution in [3.63, 3.8) is 0 Å². The van der Waals surface area contributed by atoms with Crippen LogP contribution in [0.15, 0.2) is 12.3 Å². The van der Waals surface area contributed by atoms with Crippen LogP contribution in [0.3, 0.4) is 0 Å². The lowest BCUT2D eigenvalue weighted by Gasteiger charge is -2.20. The third-order valence-corrected chi connectivity index (χ3v) is 3.30. The third kappa shape index (κ3) is 6.64. The highest BCUT2D eigenvalue weighted by atomic mass is 32.2. The highest BCUT2D eigenvalue weighted by molar-refractivity contribution is 7.98. The van der Waals surface area contributed by atoms with Gasteiger partial charge in [0.15, 0.2) is 0 Å². The number of thioether (sulfide) groups is 1. The molecule has 1 heterocycles. The summed E-state index contributed by atoms with van der Waals surface area (Å²) < 4.78 is 0. The van der Waals surface area contributed by atoms with E-state index in [1.165, 1.54) is 12.2 Å². The monoisotopic (exact) mass is 253 g/mol. The molecule has 0 amide bonds. The van der Waals surface area contributed by atoms with Crippen molar-refractivity contribution in [3.8, 4) is 0 Å². The molecule has 1 aromatic rings. The molecule has 0 aliphatic heterocycles. The lowest BCUT2D eigenvalue weighted by atomic mass is 10.1. The lowest BCUT2D eigenvalue weighted by molar-refractivity contribution is 0.421. The standard InChI is InChI=1S/C13H23N3S/c1-5-8-17-10-12-14-7-6-11(16-12)9-15-13(2,3)4/h6-7,15H,5,8-10H2,1-4H3. The molecule has 0 fully saturated rings. The molecular weight excluding hydrogens is 230 g/mol. The van der Waals surface area contributed by atoms with E-state index >= 15 is 0 Å². The van der Waals surface area contributed by atoms with Gasteiger partial charge in [-0.3, -0.25) is 0 Å². The Labute approximate surface area is 109 Å². The maximum atomic E-state index is 4.55. The van der Waals surface area contributed by atoms with Crippen LogP contribution in [0.2, 0.25) is 0 Å². The Morgan fingerprint density at radius 3 is 2.76 bits per heavy atom. The fourth-order valence-corrected chi connectivity index (χ4v) is 2.03. The largest absolute Gasteiger partial charge is 0.306 e. The van der Waals surface area contributed by atoms with Gasteiger partial charge in [0.05, 0.1) is 11.4 Å². The topological polar surface area (TPSA) is 37.8 Å². The van der Waals surface area contributed by atoms with E-state index < -0.39 is 0 Å². The van der Waals surface area contributed by atoms with Crippen molar-refractivity contribution < 1.29 is 0 Å². The first-order valence-corrected chi connectivity index (χ1v) is 7.30. The quantitative estimate of drug-likeness (QED) is 0.791. The van der Waals surface area contributed by atoms with Gasteiger partial charge in [0.2, 0.25) is 0 Å². The van der Waals surface area contributed by atoms with Crippen LogP contribution >= 0.6 is 11.8 Å². The van der Waals surface area contributed by atoms with Gasteiger partial charge < -0.3 is 5.32 Å². The van der Waals surface area contributed by atoms with Crippen molar-refractivity contribution in [1.29, 1.82) is 0 Å². The SMILES string of the molecule is CCCSCc1nccc(CNC(C)(C)C)n1. The molecule has 1 rings (SSSR count). The van der Waals surface area contributed by atoms with E-state index in [1.807, 2.05) is 24.0 Å². The molecule has 1 N–H and O–H groups in total. The van der Waals surface area contributed by atoms with E-state index in [-0.39, 0.29) is 5.54 Å². The average Bonchev–Trinajstić information content (AvgIpc) is 2.27. The van der Waals surface area contributed by atoms with E-state index in [0.29, 0.717) is 0 Å². The first-order valence-electron chi connectivity index (χ1n) is 6.15. The molecule has 4 heteroatoms. The second kappa shape index (κ2) is 6.97. The van der Waals surface area contributed by atoms with Crippen molar-refractivity contribution >= 4 is 11.8 Å². The molecule has 0 aromatic carbocycles. The first-order chi connectivity index (χ1) is 8.01. The lowest BCUT2D eigenvalue weighted by Crippen LogP contribution is -2.35. The normalized spacial score (nSPS) is 11.8. The van der Waals surface area contributed by atoms with Gasteiger partial charge in [0, 0.05) is 18.3 Å². The number of nitrogens with zero attached hydrogens (tertiary/aromatic N) is 2. The van der Waals surface area contributed by atoms with Gasteiger partial charge in [0.1, 0.15) is 5.82 Å². The first kappa shape index (κ1) is 14.5. The Bertz CT molecular complexity index is 334. The number of rotatable bonds is 6. The Hall–Kier alpha value is -0.610. The van der Waals surface area contributed by atoms with Crippen LogP contribution in [0.5, 0.6) is 0 Å². The van der Waals surface area contributed by atoms with Crippen LogP contribution in [-0.2, 0) is 12.3 Å². The van der Waals surface area contributed by atoms with Crippen LogP contribution in [0.1, 0.15) is 45.6 Å². The predicted octanol–water partition coefficient (Wildman–Crippen LogP) is 3.01. The van der Waals surface area contributed by atoms with E-state index in [4.69, 9.17) is 0 Å². The molecule has 0 spiro atoms. The molecule has 0 aliphatic carbocycles. The summed E-state index contributed by atoms with van der Waals surface area (Å²) in [5.41, 5.74) is 1.20. The summed E-state index contributed by atoms with van der Waals surface area (Å²) in [6.07, 6.45) is 3.06. The van der Waals surface area contributed by atoms with E-state index in [9.17, 15) is 0 Å². The van der Waals surface area contributed by atoms with Crippen molar-refractivity contribution in [2.75, 3.05) is 5.75 Å². The summed E-state index contributed by atoms with van der Waals surface area (Å²) in [5.74, 6) is 3.03. The average molecular weight is 253 g/mol. The summed E-state index contributed by atoms with van der Waals surface area (Å²) >= 11 is 1.89. The van der Waals surface area contributed by atoms with Gasteiger partial charge >= 0.3 is 0 Å². The van der Waals surface area contributed by atoms with Crippen LogP contribution in [-0.4, -0.2) is 21.3 Å². The van der Waals surface area contributed by atoms with Crippen LogP contribution in [0.4, 0.5) is 0 Å². The number of hydrogen-bond donors (Lipinski definition) is 1. The predicted molar refractivity (Wildman–Crippen MR) is 75.1 cm³/mol. The molecule has 17 heavy (non-hydrogen) atoms. The minimum absolute atomic E-state index is 0.127. The Balaban J connectivity index is 2.48. The second-order valence-corrected chi connectivity index (χ2v) is 6.23. The van der Waals surface area contributed by atoms with Crippen LogP contribution in [0.25, 0.3) is 0 Å². The summed E-state index contributed by atoms with van der Waals surface area (Å²) in [4.78, 5) is 8.85. The molecule has 0 saturated carbocycles. The van der Waals surface area contributed by atoms with Crippen molar-refractivity contribution in [1.82, 2.24) is 15.3 Å². The van der Waals surface area contributed by atoms with Crippen LogP contribution < -0.4 is 5.32 Å². The molecule has 0 atom stereocenters. The number of nitrogens with one attached hydrogen (secondary N) is 1. The zero-order chi connectivity index (χ0) is 12.7. The zero-order valence-electron chi connectivity index (χ0n) is 11.3. The maximum Gasteiger partial charge on any atom is 0.138 e. The third-order valence-electron chi connectivity index (χ3n) is 2.14. The highest BCUT2D eigenvalue weighted by Crippen LogP contribution is 2.10. The fourth-order valence-electron chi connectivity index (χ4n) is 1.27. The molecule has 3 nitrogen and oxygen atoms in total. The smallest absolute Gasteiger partial charge is 0.138 e. The van der Waals surface area contributed by atoms with Crippen molar-refractivity contribution in [3.05, 3.63) is 23.8 Å². The number of aromatic nitrogens is 2.